The Morgan fingerprint density at radius 1 is 1.15 bits per heavy atom. The van der Waals surface area contributed by atoms with Crippen molar-refractivity contribution in [2.45, 2.75) is 37.8 Å². The first-order chi connectivity index (χ1) is 16.4. The Bertz CT molecular complexity index is 1380. The maximum Gasteiger partial charge on any atom is 0.252 e. The van der Waals surface area contributed by atoms with Crippen LogP contribution in [0.4, 0.5) is 19.0 Å². The highest BCUT2D eigenvalue weighted by molar-refractivity contribution is 7.14. The van der Waals surface area contributed by atoms with Gasteiger partial charge in [-0.25, -0.2) is 23.1 Å². The van der Waals surface area contributed by atoms with Crippen LogP contribution < -0.4 is 10.6 Å². The molecule has 176 valence electrons. The van der Waals surface area contributed by atoms with E-state index in [2.05, 4.69) is 30.8 Å². The Balaban J connectivity index is 1.35. The minimum absolute atomic E-state index is 0.103. The molecule has 0 radical (unpaired) electrons. The average Bonchev–Trinajstić information content (AvgIpc) is 3.42. The van der Waals surface area contributed by atoms with Crippen molar-refractivity contribution in [1.29, 1.82) is 0 Å². The van der Waals surface area contributed by atoms with E-state index in [0.29, 0.717) is 16.3 Å². The van der Waals surface area contributed by atoms with Gasteiger partial charge in [-0.15, -0.1) is 11.3 Å². The first kappa shape index (κ1) is 22.6. The number of aromatic nitrogens is 4. The number of nitrogens with zero attached hydrogens (tertiary/aromatic N) is 3. The van der Waals surface area contributed by atoms with E-state index in [-0.39, 0.29) is 46.2 Å². The summed E-state index contributed by atoms with van der Waals surface area (Å²) in [6, 6.07) is 3.19. The number of carbonyl (C=O) groups is 1. The molecule has 3 N–H and O–H groups in total. The fourth-order valence-corrected chi connectivity index (χ4v) is 5.00. The van der Waals surface area contributed by atoms with Crippen molar-refractivity contribution in [2.75, 3.05) is 5.32 Å². The van der Waals surface area contributed by atoms with Crippen LogP contribution >= 0.6 is 22.9 Å². The quantitative estimate of drug-likeness (QED) is 0.341. The highest BCUT2D eigenvalue weighted by atomic mass is 35.5. The van der Waals surface area contributed by atoms with Gasteiger partial charge in [-0.1, -0.05) is 11.6 Å². The lowest BCUT2D eigenvalue weighted by Crippen LogP contribution is -2.41. The molecule has 12 heteroatoms. The number of fused-ring (bicyclic) bond motifs is 1. The number of aromatic amines is 1. The predicted molar refractivity (Wildman–Crippen MR) is 123 cm³/mol. The zero-order valence-corrected chi connectivity index (χ0v) is 19.1. The number of pyridine rings is 2. The fourth-order valence-electron chi connectivity index (χ4n) is 4.14. The molecule has 34 heavy (non-hydrogen) atoms. The summed E-state index contributed by atoms with van der Waals surface area (Å²) in [6.07, 6.45) is 3.86. The number of thiophene rings is 1. The van der Waals surface area contributed by atoms with Gasteiger partial charge in [0.2, 0.25) is 0 Å². The van der Waals surface area contributed by atoms with Crippen LogP contribution in [-0.2, 0) is 0 Å². The lowest BCUT2D eigenvalue weighted by Gasteiger charge is -2.30. The molecule has 2 atom stereocenters. The van der Waals surface area contributed by atoms with Crippen molar-refractivity contribution in [1.82, 2.24) is 25.5 Å². The number of hydrogen-bond acceptors (Lipinski definition) is 6. The third-order valence-electron chi connectivity index (χ3n) is 5.72. The number of amides is 1. The smallest absolute Gasteiger partial charge is 0.252 e. The van der Waals surface area contributed by atoms with Gasteiger partial charge in [0.15, 0.2) is 23.1 Å². The average molecular weight is 507 g/mol. The molecule has 2 unspecified atom stereocenters. The first-order valence-electron chi connectivity index (χ1n) is 10.5. The van der Waals surface area contributed by atoms with Gasteiger partial charge in [-0.3, -0.25) is 9.89 Å². The van der Waals surface area contributed by atoms with Crippen LogP contribution in [0, 0.1) is 17.5 Å². The van der Waals surface area contributed by atoms with Gasteiger partial charge >= 0.3 is 0 Å². The van der Waals surface area contributed by atoms with Gasteiger partial charge in [-0.05, 0) is 37.8 Å². The topological polar surface area (TPSA) is 95.6 Å². The van der Waals surface area contributed by atoms with E-state index in [1.807, 2.05) is 0 Å². The van der Waals surface area contributed by atoms with Gasteiger partial charge in [-0.2, -0.15) is 5.10 Å². The molecule has 1 aliphatic carbocycles. The van der Waals surface area contributed by atoms with Crippen molar-refractivity contribution >= 4 is 45.7 Å². The van der Waals surface area contributed by atoms with Crippen LogP contribution in [0.2, 0.25) is 4.34 Å². The number of hydrogen-bond donors (Lipinski definition) is 3. The summed E-state index contributed by atoms with van der Waals surface area (Å²) in [5.41, 5.74) is 0.590. The molecule has 0 spiro atoms. The highest BCUT2D eigenvalue weighted by Gasteiger charge is 2.26. The number of nitrogens with one attached hydrogen (secondary N) is 3. The van der Waals surface area contributed by atoms with Crippen molar-refractivity contribution in [2.24, 2.45) is 0 Å². The largest absolute Gasteiger partial charge is 0.365 e. The Morgan fingerprint density at radius 2 is 1.97 bits per heavy atom. The standard InChI is InChI=1S/C22H18ClF3N6OS/c23-17-4-10(9-34-17)22(33)29-13-3-1-2-12(6-13)28-21-16(26)7-15(25)19(30-21)18-14-5-11(24)8-27-20(14)32-31-18/h4-5,7-9,12-13H,1-3,6H2,(H,28,30)(H,29,33)(H,27,31,32). The van der Waals surface area contributed by atoms with E-state index in [1.54, 1.807) is 11.4 Å². The molecule has 4 aromatic rings. The Labute approximate surface area is 200 Å². The fraction of sp³-hybridized carbons (Fsp3) is 0.273. The molecule has 1 amide bonds. The third kappa shape index (κ3) is 4.58. The van der Waals surface area contributed by atoms with Gasteiger partial charge < -0.3 is 10.6 Å². The number of anilines is 1. The maximum absolute atomic E-state index is 14.6. The summed E-state index contributed by atoms with van der Waals surface area (Å²) in [5, 5.41) is 14.5. The molecular formula is C22H18ClF3N6OS. The summed E-state index contributed by atoms with van der Waals surface area (Å²) in [5.74, 6) is -2.73. The lowest BCUT2D eigenvalue weighted by molar-refractivity contribution is 0.0927. The second-order valence-corrected chi connectivity index (χ2v) is 9.63. The summed E-state index contributed by atoms with van der Waals surface area (Å²) in [6.45, 7) is 0. The normalized spacial score (nSPS) is 18.2. The molecule has 4 heterocycles. The van der Waals surface area contributed by atoms with Crippen molar-refractivity contribution in [3.05, 3.63) is 57.1 Å². The van der Waals surface area contributed by atoms with E-state index >= 15 is 0 Å². The van der Waals surface area contributed by atoms with Crippen molar-refractivity contribution in [3.63, 3.8) is 0 Å². The van der Waals surface area contributed by atoms with Crippen LogP contribution in [0.5, 0.6) is 0 Å². The monoisotopic (exact) mass is 506 g/mol. The molecule has 7 nitrogen and oxygen atoms in total. The number of rotatable bonds is 5. The second kappa shape index (κ2) is 9.22. The van der Waals surface area contributed by atoms with E-state index in [9.17, 15) is 18.0 Å². The second-order valence-electron chi connectivity index (χ2n) is 8.09. The minimum atomic E-state index is -0.916. The maximum atomic E-state index is 14.6. The van der Waals surface area contributed by atoms with E-state index in [0.717, 1.165) is 37.6 Å². The number of carbonyl (C=O) groups excluding carboxylic acids is 1. The molecule has 4 aromatic heterocycles. The van der Waals surface area contributed by atoms with E-state index in [4.69, 9.17) is 11.6 Å². The van der Waals surface area contributed by atoms with Crippen LogP contribution in [0.3, 0.4) is 0 Å². The third-order valence-corrected chi connectivity index (χ3v) is 6.81. The molecule has 0 bridgehead atoms. The molecule has 5 rings (SSSR count). The molecule has 1 aliphatic rings. The summed E-state index contributed by atoms with van der Waals surface area (Å²) < 4.78 is 43.4. The van der Waals surface area contributed by atoms with Gasteiger partial charge in [0.25, 0.3) is 5.91 Å². The Morgan fingerprint density at radius 3 is 2.76 bits per heavy atom. The van der Waals surface area contributed by atoms with E-state index in [1.165, 1.54) is 11.3 Å². The molecule has 1 fully saturated rings. The molecule has 0 aromatic carbocycles. The van der Waals surface area contributed by atoms with Gasteiger partial charge in [0.05, 0.1) is 27.2 Å². The van der Waals surface area contributed by atoms with Crippen LogP contribution in [0.25, 0.3) is 22.4 Å². The first-order valence-corrected chi connectivity index (χ1v) is 11.8. The predicted octanol–water partition coefficient (Wildman–Crippen LogP) is 5.31. The molecular weight excluding hydrogens is 489 g/mol. The van der Waals surface area contributed by atoms with Crippen LogP contribution in [0.1, 0.15) is 36.0 Å². The molecule has 0 aliphatic heterocycles. The van der Waals surface area contributed by atoms with Crippen LogP contribution in [-0.4, -0.2) is 38.2 Å². The summed E-state index contributed by atoms with van der Waals surface area (Å²) in [4.78, 5) is 20.4. The number of H-pyrrole nitrogens is 1. The van der Waals surface area contributed by atoms with Gasteiger partial charge in [0.1, 0.15) is 11.5 Å². The Hall–Kier alpha value is -3.18. The molecule has 1 saturated carbocycles. The minimum Gasteiger partial charge on any atom is -0.365 e. The molecule has 0 saturated heterocycles. The summed E-state index contributed by atoms with van der Waals surface area (Å²) >= 11 is 7.19. The number of halogens is 4. The van der Waals surface area contributed by atoms with Crippen LogP contribution in [0.15, 0.2) is 29.8 Å². The van der Waals surface area contributed by atoms with Crippen molar-refractivity contribution in [3.8, 4) is 11.4 Å². The van der Waals surface area contributed by atoms with Gasteiger partial charge in [0, 0.05) is 23.5 Å². The SMILES string of the molecule is O=C(NC1CCCC(Nc2nc(-c3[nH]nc4ncc(F)cc34)c(F)cc2F)C1)c1csc(Cl)c1. The zero-order valence-electron chi connectivity index (χ0n) is 17.5. The Kier molecular flexibility index (Phi) is 6.13. The zero-order chi connectivity index (χ0) is 23.8. The van der Waals surface area contributed by atoms with E-state index < -0.39 is 17.5 Å². The lowest BCUT2D eigenvalue weighted by atomic mass is 9.90. The van der Waals surface area contributed by atoms with Crippen molar-refractivity contribution < 1.29 is 18.0 Å². The summed E-state index contributed by atoms with van der Waals surface area (Å²) in [7, 11) is 0. The highest BCUT2D eigenvalue weighted by Crippen LogP contribution is 2.30.